The van der Waals surface area contributed by atoms with Crippen molar-refractivity contribution in [2.45, 2.75) is 12.3 Å². The number of carboxylic acids is 1. The fraction of sp³-hybridized carbons (Fsp3) is 0.267. The van der Waals surface area contributed by atoms with Gasteiger partial charge in [0.2, 0.25) is 0 Å². The van der Waals surface area contributed by atoms with Gasteiger partial charge in [0, 0.05) is 10.9 Å². The molecule has 0 amide bonds. The van der Waals surface area contributed by atoms with Gasteiger partial charge in [-0.05, 0) is 30.2 Å². The average molecular weight is 327 g/mol. The van der Waals surface area contributed by atoms with Gasteiger partial charge in [-0.25, -0.2) is 0 Å². The normalized spacial score (nSPS) is 12.0. The first-order valence-electron chi connectivity index (χ1n) is 6.24. The summed E-state index contributed by atoms with van der Waals surface area (Å²) in [6.07, 6.45) is 0.333. The Hall–Kier alpha value is -1.72. The number of ether oxygens (including phenoxy) is 2. The first kappa shape index (κ1) is 15.7. The molecular weight excluding hydrogens is 312 g/mol. The molecule has 0 saturated heterocycles. The summed E-state index contributed by atoms with van der Waals surface area (Å²) in [4.78, 5) is 12.3. The quantitative estimate of drug-likeness (QED) is 0.876. The summed E-state index contributed by atoms with van der Waals surface area (Å²) in [5.41, 5.74) is 0.815. The summed E-state index contributed by atoms with van der Waals surface area (Å²) in [5.74, 6) is -0.249. The molecule has 112 valence electrons. The molecule has 1 heterocycles. The Bertz CT molecular complexity index is 638. The predicted molar refractivity (Wildman–Crippen MR) is 83.0 cm³/mol. The number of carboxylic acid groups (broad SMARTS) is 1. The van der Waals surface area contributed by atoms with Crippen molar-refractivity contribution in [3.05, 3.63) is 45.1 Å². The molecule has 0 aliphatic rings. The van der Waals surface area contributed by atoms with E-state index in [9.17, 15) is 9.90 Å². The van der Waals surface area contributed by atoms with Crippen LogP contribution in [0.25, 0.3) is 0 Å². The second-order valence-electron chi connectivity index (χ2n) is 4.41. The van der Waals surface area contributed by atoms with Crippen LogP contribution in [0, 0.1) is 0 Å². The van der Waals surface area contributed by atoms with Gasteiger partial charge in [0.25, 0.3) is 0 Å². The minimum Gasteiger partial charge on any atom is -0.497 e. The second kappa shape index (κ2) is 6.83. The highest BCUT2D eigenvalue weighted by Crippen LogP contribution is 2.34. The molecule has 1 atom stereocenters. The molecule has 0 bridgehead atoms. The molecule has 4 nitrogen and oxygen atoms in total. The third-order valence-corrected chi connectivity index (χ3v) is 4.50. The number of carbonyl (C=O) groups is 1. The van der Waals surface area contributed by atoms with E-state index in [0.717, 1.165) is 10.4 Å². The smallest absolute Gasteiger partial charge is 0.312 e. The van der Waals surface area contributed by atoms with Crippen LogP contribution in [0.4, 0.5) is 0 Å². The van der Waals surface area contributed by atoms with Gasteiger partial charge < -0.3 is 14.6 Å². The Labute approximate surface area is 131 Å². The number of hydrogen-bond donors (Lipinski definition) is 1. The first-order valence-corrected chi connectivity index (χ1v) is 7.43. The van der Waals surface area contributed by atoms with Gasteiger partial charge in [-0.3, -0.25) is 4.79 Å². The van der Waals surface area contributed by atoms with Crippen molar-refractivity contribution in [1.82, 2.24) is 0 Å². The first-order chi connectivity index (χ1) is 10.0. The van der Waals surface area contributed by atoms with E-state index in [1.165, 1.54) is 11.3 Å². The zero-order valence-electron chi connectivity index (χ0n) is 11.6. The Morgan fingerprint density at radius 3 is 2.57 bits per heavy atom. The van der Waals surface area contributed by atoms with Crippen molar-refractivity contribution in [2.24, 2.45) is 0 Å². The number of methoxy groups -OCH3 is 2. The number of benzene rings is 1. The van der Waals surface area contributed by atoms with Gasteiger partial charge in [-0.2, -0.15) is 0 Å². The molecule has 0 radical (unpaired) electrons. The van der Waals surface area contributed by atoms with Crippen molar-refractivity contribution in [2.75, 3.05) is 14.2 Å². The lowest BCUT2D eigenvalue weighted by Gasteiger charge is -2.14. The third kappa shape index (κ3) is 3.68. The summed E-state index contributed by atoms with van der Waals surface area (Å²) in [6.45, 7) is 0. The van der Waals surface area contributed by atoms with Crippen LogP contribution in [0.2, 0.25) is 4.34 Å². The molecule has 0 saturated carbocycles. The monoisotopic (exact) mass is 326 g/mol. The molecule has 1 unspecified atom stereocenters. The summed E-state index contributed by atoms with van der Waals surface area (Å²) >= 11 is 7.18. The van der Waals surface area contributed by atoms with Crippen LogP contribution in [0.5, 0.6) is 11.5 Å². The van der Waals surface area contributed by atoms with Crippen LogP contribution in [0.1, 0.15) is 16.4 Å². The Morgan fingerprint density at radius 1 is 1.29 bits per heavy atom. The van der Waals surface area contributed by atoms with E-state index in [1.54, 1.807) is 38.5 Å². The van der Waals surface area contributed by atoms with E-state index in [1.807, 2.05) is 6.07 Å². The standard InChI is InChI=1S/C15H15ClO4S/c1-19-10-4-3-9(12(8-10)20-2)7-11(15(17)18)13-5-6-14(16)21-13/h3-6,8,11H,7H2,1-2H3,(H,17,18). The Kier molecular flexibility index (Phi) is 5.09. The van der Waals surface area contributed by atoms with E-state index < -0.39 is 11.9 Å². The maximum atomic E-state index is 11.5. The molecule has 2 rings (SSSR count). The average Bonchev–Trinajstić information content (AvgIpc) is 2.90. The molecular formula is C15H15ClO4S. The van der Waals surface area contributed by atoms with Crippen molar-refractivity contribution < 1.29 is 19.4 Å². The number of hydrogen-bond acceptors (Lipinski definition) is 4. The van der Waals surface area contributed by atoms with Gasteiger partial charge in [0.15, 0.2) is 0 Å². The van der Waals surface area contributed by atoms with Crippen LogP contribution in [0.3, 0.4) is 0 Å². The van der Waals surface area contributed by atoms with Gasteiger partial charge in [-0.15, -0.1) is 11.3 Å². The minimum atomic E-state index is -0.883. The number of thiophene rings is 1. The highest BCUT2D eigenvalue weighted by atomic mass is 35.5. The largest absolute Gasteiger partial charge is 0.497 e. The van der Waals surface area contributed by atoms with Crippen LogP contribution in [-0.2, 0) is 11.2 Å². The van der Waals surface area contributed by atoms with E-state index >= 15 is 0 Å². The van der Waals surface area contributed by atoms with E-state index in [0.29, 0.717) is 22.3 Å². The summed E-state index contributed by atoms with van der Waals surface area (Å²) in [7, 11) is 3.12. The zero-order chi connectivity index (χ0) is 15.4. The molecule has 0 spiro atoms. The topological polar surface area (TPSA) is 55.8 Å². The maximum absolute atomic E-state index is 11.5. The summed E-state index contributed by atoms with van der Waals surface area (Å²) in [5, 5.41) is 9.46. The molecule has 6 heteroatoms. The van der Waals surface area contributed by atoms with E-state index in [-0.39, 0.29) is 0 Å². The molecule has 21 heavy (non-hydrogen) atoms. The molecule has 0 fully saturated rings. The van der Waals surface area contributed by atoms with Crippen molar-refractivity contribution in [1.29, 1.82) is 0 Å². The Balaban J connectivity index is 2.31. The summed E-state index contributed by atoms with van der Waals surface area (Å²) < 4.78 is 11.0. The number of rotatable bonds is 6. The number of halogens is 1. The van der Waals surface area contributed by atoms with Crippen LogP contribution < -0.4 is 9.47 Å². The third-order valence-electron chi connectivity index (χ3n) is 3.15. The highest BCUT2D eigenvalue weighted by Gasteiger charge is 2.23. The molecule has 1 N–H and O–H groups in total. The molecule has 1 aromatic heterocycles. The minimum absolute atomic E-state index is 0.333. The van der Waals surface area contributed by atoms with Crippen LogP contribution >= 0.6 is 22.9 Å². The number of aliphatic carboxylic acids is 1. The fourth-order valence-electron chi connectivity index (χ4n) is 2.07. The van der Waals surface area contributed by atoms with Crippen molar-refractivity contribution >= 4 is 28.9 Å². The Morgan fingerprint density at radius 2 is 2.05 bits per heavy atom. The highest BCUT2D eigenvalue weighted by molar-refractivity contribution is 7.16. The van der Waals surface area contributed by atoms with Crippen molar-refractivity contribution in [3.63, 3.8) is 0 Å². The zero-order valence-corrected chi connectivity index (χ0v) is 13.2. The van der Waals surface area contributed by atoms with Gasteiger partial charge in [0.1, 0.15) is 11.5 Å². The molecule has 2 aromatic rings. The van der Waals surface area contributed by atoms with E-state index in [2.05, 4.69) is 0 Å². The van der Waals surface area contributed by atoms with Crippen LogP contribution in [0.15, 0.2) is 30.3 Å². The lowest BCUT2D eigenvalue weighted by Crippen LogP contribution is -2.13. The molecule has 1 aromatic carbocycles. The van der Waals surface area contributed by atoms with Crippen LogP contribution in [-0.4, -0.2) is 25.3 Å². The maximum Gasteiger partial charge on any atom is 0.312 e. The predicted octanol–water partition coefficient (Wildman–Crippen LogP) is 3.83. The lowest BCUT2D eigenvalue weighted by molar-refractivity contribution is -0.138. The van der Waals surface area contributed by atoms with Gasteiger partial charge >= 0.3 is 5.97 Å². The molecule has 0 aliphatic carbocycles. The lowest BCUT2D eigenvalue weighted by atomic mass is 9.97. The molecule has 0 aliphatic heterocycles. The van der Waals surface area contributed by atoms with E-state index in [4.69, 9.17) is 21.1 Å². The second-order valence-corrected chi connectivity index (χ2v) is 6.16. The summed E-state index contributed by atoms with van der Waals surface area (Å²) in [6, 6.07) is 8.82. The van der Waals surface area contributed by atoms with Gasteiger partial charge in [-0.1, -0.05) is 17.7 Å². The SMILES string of the molecule is COc1ccc(CC(C(=O)O)c2ccc(Cl)s2)c(OC)c1. The fourth-order valence-corrected chi connectivity index (χ4v) is 3.22. The van der Waals surface area contributed by atoms with Crippen molar-refractivity contribution in [3.8, 4) is 11.5 Å². The van der Waals surface area contributed by atoms with Gasteiger partial charge in [0.05, 0.1) is 24.5 Å².